The van der Waals surface area contributed by atoms with E-state index in [1.54, 1.807) is 6.92 Å². The van der Waals surface area contributed by atoms with Crippen LogP contribution in [-0.4, -0.2) is 106 Å². The molecule has 5 aliphatic rings. The summed E-state index contributed by atoms with van der Waals surface area (Å²) in [6, 6.07) is 0. The lowest BCUT2D eigenvalue weighted by molar-refractivity contribution is -0.336. The van der Waals surface area contributed by atoms with Gasteiger partial charge in [0.2, 0.25) is 0 Å². The lowest BCUT2D eigenvalue weighted by Gasteiger charge is -2.49. The molecule has 11 nitrogen and oxygen atoms in total. The normalized spacial score (nSPS) is 50.9. The molecule has 0 amide bonds. The summed E-state index contributed by atoms with van der Waals surface area (Å²) >= 11 is 0. The van der Waals surface area contributed by atoms with E-state index in [0.29, 0.717) is 19.3 Å². The van der Waals surface area contributed by atoms with Crippen LogP contribution >= 0.6 is 0 Å². The Bertz CT molecular complexity index is 1110. The van der Waals surface area contributed by atoms with Gasteiger partial charge in [0.25, 0.3) is 0 Å². The lowest BCUT2D eigenvalue weighted by atomic mass is 9.78. The number of aliphatic hydroxyl groups is 3. The Morgan fingerprint density at radius 2 is 1.72 bits per heavy atom. The highest BCUT2D eigenvalue weighted by molar-refractivity contribution is 5.70. The molecule has 0 bridgehead atoms. The number of methoxy groups -OCH3 is 1. The van der Waals surface area contributed by atoms with Gasteiger partial charge in [0.1, 0.15) is 0 Å². The summed E-state index contributed by atoms with van der Waals surface area (Å²) in [6.07, 6.45) is 2.99. The van der Waals surface area contributed by atoms with Crippen LogP contribution in [0.4, 0.5) is 0 Å². The average molecular weight is 671 g/mol. The highest BCUT2D eigenvalue weighted by Gasteiger charge is 2.62. The maximum absolute atomic E-state index is 11.8. The lowest BCUT2D eigenvalue weighted by Crippen LogP contribution is -2.57. The SMILES string of the molecule is CC[C@@]1([C@@H]2O[C@H]([C@@H]3O[C@@](O)(CO)[C@H](C)C[C@@H]3C)C[C@@H]2C)CC[C@H]([C@]2(C)CC[C@]3(C[C@H](O)[C@@H](C)[C@H]([C@@H](C)[C@@H](OC)[C@@H](C)C(=O)O)O3)O2)O1. The highest BCUT2D eigenvalue weighted by atomic mass is 16.7. The van der Waals surface area contributed by atoms with Crippen molar-refractivity contribution in [2.75, 3.05) is 13.7 Å². The summed E-state index contributed by atoms with van der Waals surface area (Å²) in [4.78, 5) is 11.8. The minimum atomic E-state index is -1.56. The number of aliphatic carboxylic acids is 1. The zero-order valence-corrected chi connectivity index (χ0v) is 30.0. The van der Waals surface area contributed by atoms with Crippen molar-refractivity contribution in [2.24, 2.45) is 35.5 Å². The van der Waals surface area contributed by atoms with Crippen LogP contribution in [0.25, 0.3) is 0 Å². The Hall–Kier alpha value is -0.890. The number of carbonyl (C=O) groups is 1. The molecule has 5 aliphatic heterocycles. The van der Waals surface area contributed by atoms with Crippen LogP contribution in [0.15, 0.2) is 0 Å². The summed E-state index contributed by atoms with van der Waals surface area (Å²) in [5.74, 6) is -4.52. The van der Waals surface area contributed by atoms with Crippen molar-refractivity contribution >= 4 is 5.97 Å². The molecule has 5 rings (SSSR count). The monoisotopic (exact) mass is 670 g/mol. The highest BCUT2D eigenvalue weighted by Crippen LogP contribution is 2.55. The number of aliphatic hydroxyl groups excluding tert-OH is 2. The van der Waals surface area contributed by atoms with Crippen LogP contribution in [0.3, 0.4) is 0 Å². The third-order valence-electron chi connectivity index (χ3n) is 13.0. The summed E-state index contributed by atoms with van der Waals surface area (Å²) in [6.45, 7) is 15.6. The van der Waals surface area contributed by atoms with E-state index >= 15 is 0 Å². The van der Waals surface area contributed by atoms with E-state index < -0.39 is 59.6 Å². The third-order valence-corrected chi connectivity index (χ3v) is 13.0. The van der Waals surface area contributed by atoms with Gasteiger partial charge in [-0.2, -0.15) is 0 Å². The van der Waals surface area contributed by atoms with Crippen LogP contribution in [0.5, 0.6) is 0 Å². The van der Waals surface area contributed by atoms with Gasteiger partial charge in [-0.3, -0.25) is 4.79 Å². The number of ether oxygens (including phenoxy) is 6. The van der Waals surface area contributed by atoms with Crippen molar-refractivity contribution in [1.82, 2.24) is 0 Å². The summed E-state index contributed by atoms with van der Waals surface area (Å²) in [5.41, 5.74) is -1.15. The van der Waals surface area contributed by atoms with E-state index in [1.165, 1.54) is 7.11 Å². The standard InChI is InChI=1S/C36H62O11/c1-10-34(31-20(3)16-26(43-31)28-19(2)15-21(4)36(41,18-37)46-28)12-11-27(44-34)33(8)13-14-35(47-33)17-25(38)22(5)30(45-35)23(6)29(42-9)24(7)32(39)40/h19-31,37-38,41H,10-18H2,1-9H3,(H,39,40)/t19-,20-,21+,22+,23-,24+,25-,26-,27+,28+,29+,30+,31+,33-,34-,35+,36-/m0/s1. The van der Waals surface area contributed by atoms with Crippen molar-refractivity contribution < 1.29 is 53.6 Å². The predicted octanol–water partition coefficient (Wildman–Crippen LogP) is 4.27. The molecule has 272 valence electrons. The topological polar surface area (TPSA) is 153 Å². The molecular formula is C36H62O11. The Morgan fingerprint density at radius 3 is 2.34 bits per heavy atom. The van der Waals surface area contributed by atoms with Crippen LogP contribution in [0.2, 0.25) is 0 Å². The molecule has 0 radical (unpaired) electrons. The zero-order chi connectivity index (χ0) is 34.7. The van der Waals surface area contributed by atoms with E-state index in [4.69, 9.17) is 28.4 Å². The first-order chi connectivity index (χ1) is 22.0. The third kappa shape index (κ3) is 6.67. The fourth-order valence-corrected chi connectivity index (χ4v) is 9.91. The quantitative estimate of drug-likeness (QED) is 0.264. The van der Waals surface area contributed by atoms with Gasteiger partial charge in [0, 0.05) is 37.7 Å². The minimum Gasteiger partial charge on any atom is -0.481 e. The molecule has 0 aromatic rings. The van der Waals surface area contributed by atoms with E-state index in [0.717, 1.165) is 32.1 Å². The van der Waals surface area contributed by atoms with Crippen molar-refractivity contribution in [3.05, 3.63) is 0 Å². The first-order valence-electron chi connectivity index (χ1n) is 18.1. The number of hydrogen-bond donors (Lipinski definition) is 4. The van der Waals surface area contributed by atoms with Gasteiger partial charge in [-0.25, -0.2) is 0 Å². The molecule has 0 aliphatic carbocycles. The molecule has 5 heterocycles. The molecule has 0 unspecified atom stereocenters. The Labute approximate surface area is 281 Å². The molecule has 5 saturated heterocycles. The van der Waals surface area contributed by atoms with E-state index in [-0.39, 0.29) is 54.0 Å². The largest absolute Gasteiger partial charge is 0.481 e. The maximum Gasteiger partial charge on any atom is 0.308 e. The van der Waals surface area contributed by atoms with Gasteiger partial charge in [-0.05, 0) is 64.2 Å². The van der Waals surface area contributed by atoms with Gasteiger partial charge in [-0.1, -0.05) is 41.5 Å². The summed E-state index contributed by atoms with van der Waals surface area (Å²) < 4.78 is 39.4. The molecule has 11 heteroatoms. The minimum absolute atomic E-state index is 0.153. The molecule has 0 aromatic carbocycles. The van der Waals surface area contributed by atoms with E-state index in [2.05, 4.69) is 27.7 Å². The van der Waals surface area contributed by atoms with Gasteiger partial charge in [0.15, 0.2) is 11.6 Å². The second-order valence-corrected chi connectivity index (χ2v) is 16.3. The second kappa shape index (κ2) is 13.7. The van der Waals surface area contributed by atoms with Crippen LogP contribution in [-0.2, 0) is 33.2 Å². The van der Waals surface area contributed by atoms with Crippen molar-refractivity contribution in [3.8, 4) is 0 Å². The van der Waals surface area contributed by atoms with E-state index in [9.17, 15) is 25.2 Å². The van der Waals surface area contributed by atoms with E-state index in [1.807, 2.05) is 20.8 Å². The Morgan fingerprint density at radius 1 is 1.02 bits per heavy atom. The predicted molar refractivity (Wildman–Crippen MR) is 172 cm³/mol. The van der Waals surface area contributed by atoms with Crippen LogP contribution in [0, 0.1) is 35.5 Å². The fraction of sp³-hybridized carbons (Fsp3) is 0.972. The Kier molecular flexibility index (Phi) is 10.9. The van der Waals surface area contributed by atoms with Crippen LogP contribution in [0.1, 0.15) is 107 Å². The molecule has 0 saturated carbocycles. The molecule has 1 spiro atoms. The number of hydrogen-bond acceptors (Lipinski definition) is 10. The van der Waals surface area contributed by atoms with Gasteiger partial charge in [-0.15, -0.1) is 0 Å². The van der Waals surface area contributed by atoms with Crippen LogP contribution < -0.4 is 0 Å². The molecule has 17 atom stereocenters. The van der Waals surface area contributed by atoms with Crippen molar-refractivity contribution in [2.45, 2.75) is 172 Å². The number of rotatable bonds is 10. The second-order valence-electron chi connectivity index (χ2n) is 16.3. The zero-order valence-electron chi connectivity index (χ0n) is 30.0. The molecule has 4 N–H and O–H groups in total. The molecule has 5 fully saturated rings. The van der Waals surface area contributed by atoms with Crippen molar-refractivity contribution in [3.63, 3.8) is 0 Å². The number of carboxylic acid groups (broad SMARTS) is 1. The molecule has 0 aromatic heterocycles. The number of carboxylic acids is 1. The molecule has 47 heavy (non-hydrogen) atoms. The first kappa shape index (κ1) is 37.4. The van der Waals surface area contributed by atoms with Gasteiger partial charge < -0.3 is 48.8 Å². The molecular weight excluding hydrogens is 608 g/mol. The van der Waals surface area contributed by atoms with Gasteiger partial charge in [0.05, 0.1) is 66.5 Å². The smallest absolute Gasteiger partial charge is 0.308 e. The van der Waals surface area contributed by atoms with Gasteiger partial charge >= 0.3 is 5.97 Å². The Balaban J connectivity index is 1.29. The fourth-order valence-electron chi connectivity index (χ4n) is 9.91. The summed E-state index contributed by atoms with van der Waals surface area (Å²) in [5, 5.41) is 41.8. The maximum atomic E-state index is 11.8. The summed E-state index contributed by atoms with van der Waals surface area (Å²) in [7, 11) is 1.52. The van der Waals surface area contributed by atoms with Crippen molar-refractivity contribution in [1.29, 1.82) is 0 Å². The average Bonchev–Trinajstić information content (AvgIpc) is 3.73. The first-order valence-corrected chi connectivity index (χ1v) is 18.1.